The molecule has 7 heteroatoms. The number of rotatable bonds is 3. The highest BCUT2D eigenvalue weighted by molar-refractivity contribution is 7.12. The number of hydrogen-bond acceptors (Lipinski definition) is 4. The van der Waals surface area contributed by atoms with Gasteiger partial charge in [0.1, 0.15) is 10.7 Å². The third-order valence-electron chi connectivity index (χ3n) is 2.86. The number of carbonyl (C=O) groups is 1. The molecule has 3 aromatic heterocycles. The predicted molar refractivity (Wildman–Crippen MR) is 78.3 cm³/mol. The van der Waals surface area contributed by atoms with Crippen molar-refractivity contribution in [2.75, 3.05) is 5.32 Å². The quantitative estimate of drug-likeness (QED) is 0.809. The van der Waals surface area contributed by atoms with Crippen LogP contribution in [0, 0.1) is 12.7 Å². The van der Waals surface area contributed by atoms with E-state index in [4.69, 9.17) is 0 Å². The van der Waals surface area contributed by atoms with Gasteiger partial charge < -0.3 is 5.32 Å². The van der Waals surface area contributed by atoms with Crippen molar-refractivity contribution in [1.82, 2.24) is 14.8 Å². The van der Waals surface area contributed by atoms with Crippen molar-refractivity contribution in [3.63, 3.8) is 0 Å². The highest BCUT2D eigenvalue weighted by Crippen LogP contribution is 2.19. The van der Waals surface area contributed by atoms with Gasteiger partial charge in [-0.3, -0.25) is 9.78 Å². The molecule has 0 aliphatic rings. The molecule has 3 rings (SSSR count). The summed E-state index contributed by atoms with van der Waals surface area (Å²) in [4.78, 5) is 16.1. The molecule has 0 radical (unpaired) electrons. The number of aromatic nitrogens is 3. The van der Waals surface area contributed by atoms with Crippen molar-refractivity contribution in [3.05, 3.63) is 58.4 Å². The van der Waals surface area contributed by atoms with E-state index in [9.17, 15) is 9.18 Å². The normalized spacial score (nSPS) is 10.6. The maximum Gasteiger partial charge on any atom is 0.269 e. The summed E-state index contributed by atoms with van der Waals surface area (Å²) in [6, 6.07) is 4.91. The van der Waals surface area contributed by atoms with Crippen LogP contribution in [0.25, 0.3) is 5.69 Å². The number of aryl methyl sites for hydroxylation is 1. The van der Waals surface area contributed by atoms with E-state index in [1.54, 1.807) is 29.3 Å². The van der Waals surface area contributed by atoms with Crippen molar-refractivity contribution in [2.24, 2.45) is 0 Å². The van der Waals surface area contributed by atoms with Gasteiger partial charge in [-0.15, -0.1) is 16.4 Å². The van der Waals surface area contributed by atoms with Crippen LogP contribution < -0.4 is 5.32 Å². The van der Waals surface area contributed by atoms with E-state index in [0.717, 1.165) is 22.6 Å². The number of anilines is 1. The number of nitrogens with one attached hydrogen (secondary N) is 1. The van der Waals surface area contributed by atoms with E-state index in [2.05, 4.69) is 15.4 Å². The van der Waals surface area contributed by atoms with Crippen molar-refractivity contribution in [3.8, 4) is 5.69 Å². The molecule has 21 heavy (non-hydrogen) atoms. The second-order valence-corrected chi connectivity index (χ2v) is 5.28. The van der Waals surface area contributed by atoms with Gasteiger partial charge in [-0.1, -0.05) is 0 Å². The summed E-state index contributed by atoms with van der Waals surface area (Å²) in [5.41, 5.74) is 1.56. The number of hydrogen-bond donors (Lipinski definition) is 1. The smallest absolute Gasteiger partial charge is 0.269 e. The largest absolute Gasteiger partial charge is 0.304 e. The molecule has 0 unspecified atom stereocenters. The summed E-state index contributed by atoms with van der Waals surface area (Å²) < 4.78 is 15.0. The van der Waals surface area contributed by atoms with Crippen LogP contribution in [-0.2, 0) is 0 Å². The number of thiophene rings is 1. The number of nitrogens with zero attached hydrogens (tertiary/aromatic N) is 3. The highest BCUT2D eigenvalue weighted by Gasteiger charge is 2.16. The predicted octanol–water partition coefficient (Wildman–Crippen LogP) is 3.03. The molecular formula is C14H11FN4OS. The van der Waals surface area contributed by atoms with Crippen LogP contribution >= 0.6 is 11.3 Å². The van der Waals surface area contributed by atoms with Gasteiger partial charge >= 0.3 is 0 Å². The fourth-order valence-corrected chi connectivity index (χ4v) is 2.49. The highest BCUT2D eigenvalue weighted by atomic mass is 32.1. The molecule has 0 aromatic carbocycles. The molecule has 0 fully saturated rings. The molecule has 0 spiro atoms. The Labute approximate surface area is 124 Å². The van der Waals surface area contributed by atoms with Crippen molar-refractivity contribution in [1.29, 1.82) is 0 Å². The minimum absolute atomic E-state index is 0.0466. The average Bonchev–Trinajstić information content (AvgIpc) is 3.07. The lowest BCUT2D eigenvalue weighted by Gasteiger charge is -2.01. The Hall–Kier alpha value is -2.54. The van der Waals surface area contributed by atoms with Gasteiger partial charge in [-0.2, -0.15) is 0 Å². The maximum atomic E-state index is 13.4. The molecular weight excluding hydrogens is 291 g/mol. The molecule has 3 heterocycles. The molecule has 1 amide bonds. The molecule has 1 N–H and O–H groups in total. The second kappa shape index (κ2) is 5.45. The molecule has 0 bridgehead atoms. The van der Waals surface area contributed by atoms with Crippen LogP contribution in [0.4, 0.5) is 10.2 Å². The van der Waals surface area contributed by atoms with Crippen LogP contribution in [-0.4, -0.2) is 20.7 Å². The first-order chi connectivity index (χ1) is 10.1. The summed E-state index contributed by atoms with van der Waals surface area (Å²) in [7, 11) is 0. The maximum absolute atomic E-state index is 13.4. The van der Waals surface area contributed by atoms with Gasteiger partial charge in [0, 0.05) is 18.0 Å². The fourth-order valence-electron chi connectivity index (χ4n) is 1.83. The zero-order valence-corrected chi connectivity index (χ0v) is 11.9. The zero-order chi connectivity index (χ0) is 14.8. The average molecular weight is 302 g/mol. The Balaban J connectivity index is 1.86. The molecule has 0 aliphatic heterocycles. The Morgan fingerprint density at radius 2 is 2.29 bits per heavy atom. The van der Waals surface area contributed by atoms with Gasteiger partial charge in [-0.05, 0) is 30.5 Å². The lowest BCUT2D eigenvalue weighted by Crippen LogP contribution is -2.13. The molecule has 106 valence electrons. The lowest BCUT2D eigenvalue weighted by atomic mass is 10.3. The number of carbonyl (C=O) groups excluding carboxylic acids is 1. The van der Waals surface area contributed by atoms with Crippen LogP contribution in [0.15, 0.2) is 42.2 Å². The molecule has 0 aliphatic carbocycles. The van der Waals surface area contributed by atoms with Crippen LogP contribution in [0.1, 0.15) is 15.2 Å². The first kappa shape index (κ1) is 13.4. The number of halogens is 1. The van der Waals surface area contributed by atoms with Crippen molar-refractivity contribution < 1.29 is 9.18 Å². The van der Waals surface area contributed by atoms with Gasteiger partial charge in [0.2, 0.25) is 0 Å². The molecule has 0 saturated carbocycles. The second-order valence-electron chi connectivity index (χ2n) is 4.37. The van der Waals surface area contributed by atoms with E-state index in [0.29, 0.717) is 5.82 Å². The molecule has 3 aromatic rings. The van der Waals surface area contributed by atoms with Gasteiger partial charge in [-0.25, -0.2) is 9.07 Å². The van der Waals surface area contributed by atoms with E-state index < -0.39 is 11.7 Å². The summed E-state index contributed by atoms with van der Waals surface area (Å²) in [5.74, 6) is -0.625. The summed E-state index contributed by atoms with van der Waals surface area (Å²) in [5, 5.41) is 8.44. The lowest BCUT2D eigenvalue weighted by molar-refractivity contribution is 0.102. The zero-order valence-electron chi connectivity index (χ0n) is 11.1. The number of amides is 1. The van der Waals surface area contributed by atoms with Crippen LogP contribution in [0.3, 0.4) is 0 Å². The molecule has 0 saturated heterocycles. The third kappa shape index (κ3) is 2.68. The van der Waals surface area contributed by atoms with E-state index in [1.807, 2.05) is 13.0 Å². The summed E-state index contributed by atoms with van der Waals surface area (Å²) in [6.45, 7) is 1.82. The minimum Gasteiger partial charge on any atom is -0.304 e. The van der Waals surface area contributed by atoms with Crippen LogP contribution in [0.5, 0.6) is 0 Å². The van der Waals surface area contributed by atoms with E-state index >= 15 is 0 Å². The standard InChI is InChI=1S/C14H11FN4OS/c1-9-8-19(10-3-2-5-16-7-10)18-13(9)17-14(20)12-11(15)4-6-21-12/h2-8H,1H3,(H,17,18,20). The Bertz CT molecular complexity index is 781. The Morgan fingerprint density at radius 1 is 1.43 bits per heavy atom. The van der Waals surface area contributed by atoms with Gasteiger partial charge in [0.05, 0.1) is 11.9 Å². The molecule has 0 atom stereocenters. The van der Waals surface area contributed by atoms with Gasteiger partial charge in [0.25, 0.3) is 5.91 Å². The topological polar surface area (TPSA) is 59.8 Å². The summed E-state index contributed by atoms with van der Waals surface area (Å²) in [6.07, 6.45) is 5.11. The van der Waals surface area contributed by atoms with Gasteiger partial charge in [0.15, 0.2) is 5.82 Å². The fraction of sp³-hybridized carbons (Fsp3) is 0.0714. The van der Waals surface area contributed by atoms with E-state index in [-0.39, 0.29) is 4.88 Å². The third-order valence-corrected chi connectivity index (χ3v) is 3.75. The minimum atomic E-state index is -0.526. The SMILES string of the molecule is Cc1cn(-c2cccnc2)nc1NC(=O)c1sccc1F. The Morgan fingerprint density at radius 3 is 2.95 bits per heavy atom. The Kier molecular flexibility index (Phi) is 3.49. The molecule has 5 nitrogen and oxygen atoms in total. The monoisotopic (exact) mass is 302 g/mol. The van der Waals surface area contributed by atoms with Crippen molar-refractivity contribution >= 4 is 23.1 Å². The number of pyridine rings is 1. The van der Waals surface area contributed by atoms with Crippen LogP contribution in [0.2, 0.25) is 0 Å². The summed E-state index contributed by atoms with van der Waals surface area (Å²) >= 11 is 1.05. The van der Waals surface area contributed by atoms with Crippen molar-refractivity contribution in [2.45, 2.75) is 6.92 Å². The first-order valence-electron chi connectivity index (χ1n) is 6.16. The first-order valence-corrected chi connectivity index (χ1v) is 7.04. The van der Waals surface area contributed by atoms with E-state index in [1.165, 1.54) is 11.4 Å².